The molecular formula is C13H29NO4. The van der Waals surface area contributed by atoms with Crippen molar-refractivity contribution in [3.8, 4) is 0 Å². The van der Waals surface area contributed by atoms with Gasteiger partial charge in [-0.15, -0.1) is 0 Å². The zero-order valence-electron chi connectivity index (χ0n) is 12.1. The lowest BCUT2D eigenvalue weighted by Gasteiger charge is -2.13. The highest BCUT2D eigenvalue weighted by molar-refractivity contribution is 4.57. The Bertz CT molecular complexity index is 158. The molecule has 1 N–H and O–H groups in total. The van der Waals surface area contributed by atoms with Crippen molar-refractivity contribution >= 4 is 0 Å². The fraction of sp³-hybridized carbons (Fsp3) is 1.00. The number of hydrogen-bond donors (Lipinski definition) is 1. The number of rotatable bonds is 14. The molecule has 0 saturated heterocycles. The van der Waals surface area contributed by atoms with E-state index in [2.05, 4.69) is 19.2 Å². The van der Waals surface area contributed by atoms with E-state index in [0.717, 1.165) is 19.6 Å². The Morgan fingerprint density at radius 3 is 2.00 bits per heavy atom. The van der Waals surface area contributed by atoms with E-state index in [9.17, 15) is 0 Å². The summed E-state index contributed by atoms with van der Waals surface area (Å²) in [6, 6.07) is 0.405. The molecule has 0 heterocycles. The molecule has 18 heavy (non-hydrogen) atoms. The van der Waals surface area contributed by atoms with Gasteiger partial charge in [-0.1, -0.05) is 6.92 Å². The average molecular weight is 263 g/mol. The topological polar surface area (TPSA) is 49.0 Å². The van der Waals surface area contributed by atoms with Crippen LogP contribution >= 0.6 is 0 Å². The third-order valence-corrected chi connectivity index (χ3v) is 2.29. The minimum Gasteiger partial charge on any atom is -0.382 e. The second-order valence-electron chi connectivity index (χ2n) is 4.15. The molecule has 0 aliphatic rings. The quantitative estimate of drug-likeness (QED) is 0.475. The van der Waals surface area contributed by atoms with Crippen molar-refractivity contribution in [1.29, 1.82) is 0 Å². The SMILES string of the molecule is CCCNC(C)COCCOCCOCCOC. The van der Waals surface area contributed by atoms with Crippen molar-refractivity contribution in [2.45, 2.75) is 26.3 Å². The van der Waals surface area contributed by atoms with Crippen molar-refractivity contribution in [3.63, 3.8) is 0 Å². The van der Waals surface area contributed by atoms with E-state index in [4.69, 9.17) is 18.9 Å². The van der Waals surface area contributed by atoms with Crippen LogP contribution in [0.1, 0.15) is 20.3 Å². The van der Waals surface area contributed by atoms with Gasteiger partial charge in [0.25, 0.3) is 0 Å². The molecule has 0 rings (SSSR count). The van der Waals surface area contributed by atoms with Crippen molar-refractivity contribution in [1.82, 2.24) is 5.32 Å². The lowest BCUT2D eigenvalue weighted by molar-refractivity contribution is 0.00143. The monoisotopic (exact) mass is 263 g/mol. The van der Waals surface area contributed by atoms with E-state index in [1.165, 1.54) is 0 Å². The largest absolute Gasteiger partial charge is 0.382 e. The second-order valence-corrected chi connectivity index (χ2v) is 4.15. The van der Waals surface area contributed by atoms with Crippen molar-refractivity contribution in [2.75, 3.05) is 59.9 Å². The molecule has 0 fully saturated rings. The maximum atomic E-state index is 5.49. The molecule has 0 spiro atoms. The van der Waals surface area contributed by atoms with Gasteiger partial charge in [-0.2, -0.15) is 0 Å². The van der Waals surface area contributed by atoms with E-state index < -0.39 is 0 Å². The van der Waals surface area contributed by atoms with Crippen LogP contribution in [-0.4, -0.2) is 65.9 Å². The number of nitrogens with one attached hydrogen (secondary N) is 1. The summed E-state index contributed by atoms with van der Waals surface area (Å²) in [5.74, 6) is 0. The molecule has 1 unspecified atom stereocenters. The van der Waals surface area contributed by atoms with Crippen LogP contribution in [-0.2, 0) is 18.9 Å². The van der Waals surface area contributed by atoms with E-state index in [0.29, 0.717) is 45.7 Å². The predicted molar refractivity (Wildman–Crippen MR) is 72.1 cm³/mol. The van der Waals surface area contributed by atoms with Crippen molar-refractivity contribution < 1.29 is 18.9 Å². The summed E-state index contributed by atoms with van der Waals surface area (Å²) in [6.07, 6.45) is 1.15. The lowest BCUT2D eigenvalue weighted by Crippen LogP contribution is -2.31. The van der Waals surface area contributed by atoms with Gasteiger partial charge in [-0.05, 0) is 19.9 Å². The molecule has 0 aromatic rings. The molecule has 5 heteroatoms. The van der Waals surface area contributed by atoms with Gasteiger partial charge in [0.1, 0.15) is 0 Å². The van der Waals surface area contributed by atoms with Gasteiger partial charge in [0.05, 0.1) is 46.2 Å². The van der Waals surface area contributed by atoms with Crippen LogP contribution in [0.15, 0.2) is 0 Å². The van der Waals surface area contributed by atoms with E-state index in [-0.39, 0.29) is 0 Å². The standard InChI is InChI=1S/C13H29NO4/c1-4-5-14-13(2)12-18-11-10-17-9-8-16-7-6-15-3/h13-14H,4-12H2,1-3H3. The molecule has 0 aliphatic carbocycles. The summed E-state index contributed by atoms with van der Waals surface area (Å²) in [5.41, 5.74) is 0. The minimum atomic E-state index is 0.405. The van der Waals surface area contributed by atoms with Gasteiger partial charge >= 0.3 is 0 Å². The van der Waals surface area contributed by atoms with Gasteiger partial charge in [-0.3, -0.25) is 0 Å². The first kappa shape index (κ1) is 17.8. The molecule has 0 aromatic heterocycles. The Morgan fingerprint density at radius 1 is 0.889 bits per heavy atom. The maximum absolute atomic E-state index is 5.49. The molecule has 0 amide bonds. The molecular weight excluding hydrogens is 234 g/mol. The van der Waals surface area contributed by atoms with Crippen LogP contribution in [0.2, 0.25) is 0 Å². The number of ether oxygens (including phenoxy) is 4. The van der Waals surface area contributed by atoms with E-state index in [1.807, 2.05) is 0 Å². The Balaban J connectivity index is 3.02. The Hall–Kier alpha value is -0.200. The summed E-state index contributed by atoms with van der Waals surface area (Å²) in [4.78, 5) is 0. The van der Waals surface area contributed by atoms with Crippen LogP contribution in [0.25, 0.3) is 0 Å². The summed E-state index contributed by atoms with van der Waals surface area (Å²) in [6.45, 7) is 9.78. The third kappa shape index (κ3) is 13.9. The van der Waals surface area contributed by atoms with Crippen LogP contribution in [0.4, 0.5) is 0 Å². The first-order valence-corrected chi connectivity index (χ1v) is 6.76. The van der Waals surface area contributed by atoms with Gasteiger partial charge in [-0.25, -0.2) is 0 Å². The van der Waals surface area contributed by atoms with Crippen LogP contribution in [0.5, 0.6) is 0 Å². The van der Waals surface area contributed by atoms with Crippen molar-refractivity contribution in [3.05, 3.63) is 0 Å². The third-order valence-electron chi connectivity index (χ3n) is 2.29. The summed E-state index contributed by atoms with van der Waals surface area (Å²) < 4.78 is 21.0. The lowest BCUT2D eigenvalue weighted by atomic mass is 10.3. The summed E-state index contributed by atoms with van der Waals surface area (Å²) in [7, 11) is 1.66. The van der Waals surface area contributed by atoms with Gasteiger partial charge < -0.3 is 24.3 Å². The molecule has 110 valence electrons. The van der Waals surface area contributed by atoms with Crippen LogP contribution < -0.4 is 5.32 Å². The Labute approximate surface area is 111 Å². The minimum absolute atomic E-state index is 0.405. The van der Waals surface area contributed by atoms with Crippen LogP contribution in [0, 0.1) is 0 Å². The van der Waals surface area contributed by atoms with Gasteiger partial charge in [0, 0.05) is 13.2 Å². The zero-order chi connectivity index (χ0) is 13.5. The van der Waals surface area contributed by atoms with E-state index >= 15 is 0 Å². The summed E-state index contributed by atoms with van der Waals surface area (Å²) in [5, 5.41) is 3.37. The molecule has 0 aromatic carbocycles. The van der Waals surface area contributed by atoms with E-state index in [1.54, 1.807) is 7.11 Å². The van der Waals surface area contributed by atoms with Crippen LogP contribution in [0.3, 0.4) is 0 Å². The number of hydrogen-bond acceptors (Lipinski definition) is 5. The predicted octanol–water partition coefficient (Wildman–Crippen LogP) is 1.07. The molecule has 0 saturated carbocycles. The van der Waals surface area contributed by atoms with Gasteiger partial charge in [0.2, 0.25) is 0 Å². The first-order chi connectivity index (χ1) is 8.81. The summed E-state index contributed by atoms with van der Waals surface area (Å²) >= 11 is 0. The zero-order valence-corrected chi connectivity index (χ0v) is 12.1. The normalized spacial score (nSPS) is 12.8. The average Bonchev–Trinajstić information content (AvgIpc) is 2.38. The highest BCUT2D eigenvalue weighted by Crippen LogP contribution is 1.86. The first-order valence-electron chi connectivity index (χ1n) is 6.76. The maximum Gasteiger partial charge on any atom is 0.0701 e. The molecule has 0 aliphatic heterocycles. The molecule has 5 nitrogen and oxygen atoms in total. The fourth-order valence-electron chi connectivity index (χ4n) is 1.29. The fourth-order valence-corrected chi connectivity index (χ4v) is 1.29. The molecule has 0 bridgehead atoms. The second kappa shape index (κ2) is 14.9. The van der Waals surface area contributed by atoms with Gasteiger partial charge in [0.15, 0.2) is 0 Å². The Morgan fingerprint density at radius 2 is 1.44 bits per heavy atom. The number of methoxy groups -OCH3 is 1. The van der Waals surface area contributed by atoms with Crippen molar-refractivity contribution in [2.24, 2.45) is 0 Å². The molecule has 1 atom stereocenters. The Kier molecular flexibility index (Phi) is 14.7. The molecule has 0 radical (unpaired) electrons. The highest BCUT2D eigenvalue weighted by atomic mass is 16.6. The smallest absolute Gasteiger partial charge is 0.0701 e. The highest BCUT2D eigenvalue weighted by Gasteiger charge is 1.99.